The Kier molecular flexibility index (Phi) is 7.68. The lowest BCUT2D eigenvalue weighted by Gasteiger charge is -2.14. The molecule has 0 aliphatic carbocycles. The molecule has 0 aromatic heterocycles. The van der Waals surface area contributed by atoms with E-state index in [2.05, 4.69) is 23.9 Å². The van der Waals surface area contributed by atoms with Gasteiger partial charge in [-0.2, -0.15) is 0 Å². The molecular weight excluding hydrogens is 293 g/mol. The zero-order chi connectivity index (χ0) is 16.6. The molecule has 22 heavy (non-hydrogen) atoms. The van der Waals surface area contributed by atoms with E-state index in [1.165, 1.54) is 18.2 Å². The van der Waals surface area contributed by atoms with E-state index < -0.39 is 6.36 Å². The third kappa shape index (κ3) is 8.89. The molecule has 3 N–H and O–H groups in total. The minimum absolute atomic E-state index is 0.215. The molecule has 0 aliphatic rings. The van der Waals surface area contributed by atoms with Crippen LogP contribution in [0.2, 0.25) is 0 Å². The van der Waals surface area contributed by atoms with Crippen molar-refractivity contribution < 1.29 is 17.9 Å². The number of rotatable bonds is 9. The molecule has 0 spiro atoms. The smallest absolute Gasteiger partial charge is 0.406 e. The molecule has 1 radical (unpaired) electrons. The van der Waals surface area contributed by atoms with Crippen molar-refractivity contribution in [1.82, 2.24) is 5.32 Å². The van der Waals surface area contributed by atoms with Crippen molar-refractivity contribution in [2.24, 2.45) is 11.7 Å². The lowest BCUT2D eigenvalue weighted by molar-refractivity contribution is -0.274. The van der Waals surface area contributed by atoms with Crippen LogP contribution in [0.3, 0.4) is 0 Å². The van der Waals surface area contributed by atoms with E-state index in [4.69, 9.17) is 5.73 Å². The molecule has 0 bridgehead atoms. The molecule has 1 aromatic rings. The van der Waals surface area contributed by atoms with Gasteiger partial charge in [-0.3, -0.25) is 0 Å². The van der Waals surface area contributed by atoms with Gasteiger partial charge in [-0.15, -0.1) is 13.2 Å². The van der Waals surface area contributed by atoms with Gasteiger partial charge in [0.25, 0.3) is 0 Å². The number of ether oxygens (including phenoxy) is 1. The van der Waals surface area contributed by atoms with Crippen molar-refractivity contribution in [2.45, 2.75) is 39.1 Å². The molecule has 0 fully saturated rings. The van der Waals surface area contributed by atoms with Crippen LogP contribution in [0.15, 0.2) is 24.3 Å². The zero-order valence-electron chi connectivity index (χ0n) is 13.0. The highest BCUT2D eigenvalue weighted by Crippen LogP contribution is 2.23. The molecule has 1 aromatic carbocycles. The maximum Gasteiger partial charge on any atom is 0.573 e. The second kappa shape index (κ2) is 9.00. The fourth-order valence-electron chi connectivity index (χ4n) is 1.95. The van der Waals surface area contributed by atoms with Crippen molar-refractivity contribution >= 4 is 0 Å². The van der Waals surface area contributed by atoms with Gasteiger partial charge < -0.3 is 15.8 Å². The van der Waals surface area contributed by atoms with Crippen molar-refractivity contribution in [3.05, 3.63) is 36.2 Å². The summed E-state index contributed by atoms with van der Waals surface area (Å²) >= 11 is 0. The van der Waals surface area contributed by atoms with E-state index in [1.54, 1.807) is 6.07 Å². The first-order chi connectivity index (χ1) is 10.3. The van der Waals surface area contributed by atoms with Gasteiger partial charge in [0.15, 0.2) is 0 Å². The first-order valence-electron chi connectivity index (χ1n) is 7.40. The molecule has 0 amide bonds. The second-order valence-electron chi connectivity index (χ2n) is 5.69. The highest BCUT2D eigenvalue weighted by atomic mass is 19.4. The Hall–Kier alpha value is -1.27. The van der Waals surface area contributed by atoms with Gasteiger partial charge in [-0.05, 0) is 56.0 Å². The maximum absolute atomic E-state index is 12.2. The largest absolute Gasteiger partial charge is 0.573 e. The Morgan fingerprint density at radius 2 is 2.05 bits per heavy atom. The van der Waals surface area contributed by atoms with Crippen LogP contribution in [0.1, 0.15) is 25.8 Å². The molecule has 0 saturated heterocycles. The lowest BCUT2D eigenvalue weighted by atomic mass is 10.0. The highest BCUT2D eigenvalue weighted by Gasteiger charge is 2.31. The van der Waals surface area contributed by atoms with E-state index in [-0.39, 0.29) is 11.8 Å². The number of nitrogens with two attached hydrogens (primary N) is 1. The summed E-state index contributed by atoms with van der Waals surface area (Å²) in [7, 11) is 0. The fraction of sp³-hybridized carbons (Fsp3) is 0.562. The van der Waals surface area contributed by atoms with Gasteiger partial charge in [-0.1, -0.05) is 26.0 Å². The van der Waals surface area contributed by atoms with Crippen molar-refractivity contribution in [3.63, 3.8) is 0 Å². The van der Waals surface area contributed by atoms with Gasteiger partial charge in [-0.25, -0.2) is 0 Å². The molecular formula is C16H24F3N2O. The summed E-state index contributed by atoms with van der Waals surface area (Å²) in [5.74, 6) is 0.435. The van der Waals surface area contributed by atoms with Crippen molar-refractivity contribution in [1.29, 1.82) is 0 Å². The first kappa shape index (κ1) is 18.8. The van der Waals surface area contributed by atoms with E-state index in [1.807, 2.05) is 6.42 Å². The van der Waals surface area contributed by atoms with Crippen LogP contribution in [0.25, 0.3) is 0 Å². The third-order valence-corrected chi connectivity index (χ3v) is 3.07. The number of hydrogen-bond acceptors (Lipinski definition) is 3. The highest BCUT2D eigenvalue weighted by molar-refractivity contribution is 5.29. The Morgan fingerprint density at radius 3 is 2.68 bits per heavy atom. The van der Waals surface area contributed by atoms with Crippen LogP contribution in [0.5, 0.6) is 5.75 Å². The molecule has 1 atom stereocenters. The SMILES string of the molecule is CC(C)CCNC[CH]C(N)Cc1cccc(OC(F)(F)F)c1. The lowest BCUT2D eigenvalue weighted by Crippen LogP contribution is -2.30. The third-order valence-electron chi connectivity index (χ3n) is 3.07. The first-order valence-corrected chi connectivity index (χ1v) is 7.40. The van der Waals surface area contributed by atoms with Crippen LogP contribution >= 0.6 is 0 Å². The van der Waals surface area contributed by atoms with Crippen LogP contribution in [-0.4, -0.2) is 25.5 Å². The number of halogens is 3. The zero-order valence-corrected chi connectivity index (χ0v) is 13.0. The summed E-state index contributed by atoms with van der Waals surface area (Å²) in [5, 5.41) is 3.27. The summed E-state index contributed by atoms with van der Waals surface area (Å²) < 4.78 is 40.4. The molecule has 1 rings (SSSR count). The van der Waals surface area contributed by atoms with Crippen LogP contribution in [-0.2, 0) is 6.42 Å². The molecule has 0 saturated carbocycles. The standard InChI is InChI=1S/C16H24F3N2O/c1-12(2)6-8-21-9-7-14(20)10-13-4-3-5-15(11-13)22-16(17,18)19/h3-5,7,11-12,14,21H,6,8-10,20H2,1-2H3. The summed E-state index contributed by atoms with van der Waals surface area (Å²) in [4.78, 5) is 0. The number of benzene rings is 1. The Labute approximate surface area is 130 Å². The van der Waals surface area contributed by atoms with Gasteiger partial charge in [0.1, 0.15) is 5.75 Å². The summed E-state index contributed by atoms with van der Waals surface area (Å²) in [6.07, 6.45) is -1.17. The van der Waals surface area contributed by atoms with E-state index in [9.17, 15) is 13.2 Å². The predicted molar refractivity (Wildman–Crippen MR) is 81.4 cm³/mol. The Bertz CT molecular complexity index is 436. The second-order valence-corrected chi connectivity index (χ2v) is 5.69. The van der Waals surface area contributed by atoms with Gasteiger partial charge >= 0.3 is 6.36 Å². The van der Waals surface area contributed by atoms with Gasteiger partial charge in [0.2, 0.25) is 0 Å². The fourth-order valence-corrected chi connectivity index (χ4v) is 1.95. The summed E-state index contributed by atoms with van der Waals surface area (Å²) in [6, 6.07) is 5.70. The van der Waals surface area contributed by atoms with E-state index in [0.717, 1.165) is 13.0 Å². The molecule has 0 aliphatic heterocycles. The number of hydrogen-bond donors (Lipinski definition) is 2. The summed E-state index contributed by atoms with van der Waals surface area (Å²) in [5.41, 5.74) is 6.68. The molecule has 1 unspecified atom stereocenters. The number of nitrogens with one attached hydrogen (secondary N) is 1. The Balaban J connectivity index is 2.35. The van der Waals surface area contributed by atoms with Crippen LogP contribution in [0, 0.1) is 12.3 Å². The van der Waals surface area contributed by atoms with Crippen molar-refractivity contribution in [2.75, 3.05) is 13.1 Å². The van der Waals surface area contributed by atoms with Crippen molar-refractivity contribution in [3.8, 4) is 5.75 Å². The molecule has 6 heteroatoms. The quantitative estimate of drug-likeness (QED) is 0.687. The predicted octanol–water partition coefficient (Wildman–Crippen LogP) is 3.29. The van der Waals surface area contributed by atoms with E-state index in [0.29, 0.717) is 24.4 Å². The topological polar surface area (TPSA) is 47.3 Å². The molecule has 0 heterocycles. The molecule has 3 nitrogen and oxygen atoms in total. The monoisotopic (exact) mass is 317 g/mol. The minimum Gasteiger partial charge on any atom is -0.406 e. The minimum atomic E-state index is -4.67. The van der Waals surface area contributed by atoms with Gasteiger partial charge in [0.05, 0.1) is 0 Å². The number of alkyl halides is 3. The summed E-state index contributed by atoms with van der Waals surface area (Å²) in [6.45, 7) is 5.93. The normalized spacial score (nSPS) is 13.4. The van der Waals surface area contributed by atoms with Crippen LogP contribution < -0.4 is 15.8 Å². The average molecular weight is 317 g/mol. The maximum atomic E-state index is 12.2. The Morgan fingerprint density at radius 1 is 1.32 bits per heavy atom. The van der Waals surface area contributed by atoms with Crippen LogP contribution in [0.4, 0.5) is 13.2 Å². The van der Waals surface area contributed by atoms with Gasteiger partial charge in [0, 0.05) is 6.04 Å². The van der Waals surface area contributed by atoms with E-state index >= 15 is 0 Å². The average Bonchev–Trinajstić information content (AvgIpc) is 2.36. The molecule has 125 valence electrons.